The lowest BCUT2D eigenvalue weighted by molar-refractivity contribution is 0.587. The minimum atomic E-state index is -3.56. The van der Waals surface area contributed by atoms with Gasteiger partial charge in [-0.3, -0.25) is 0 Å². The molecule has 2 heterocycles. The van der Waals surface area contributed by atoms with E-state index in [0.29, 0.717) is 17.1 Å². The van der Waals surface area contributed by atoms with Crippen molar-refractivity contribution in [2.75, 3.05) is 12.4 Å². The summed E-state index contributed by atoms with van der Waals surface area (Å²) >= 11 is 0. The summed E-state index contributed by atoms with van der Waals surface area (Å²) in [7, 11) is -0.304. The summed E-state index contributed by atoms with van der Waals surface area (Å²) in [4.78, 5) is 9.05. The molecule has 3 rings (SSSR count). The second-order valence-corrected chi connectivity index (χ2v) is 9.53. The first-order chi connectivity index (χ1) is 13.1. The molecule has 0 aliphatic rings. The predicted molar refractivity (Wildman–Crippen MR) is 111 cm³/mol. The van der Waals surface area contributed by atoms with Gasteiger partial charge in [-0.15, -0.1) is 0 Å². The highest BCUT2D eigenvalue weighted by Gasteiger charge is 2.17. The second-order valence-electron chi connectivity index (χ2n) is 7.65. The van der Waals surface area contributed by atoms with Crippen molar-refractivity contribution in [3.05, 3.63) is 54.6 Å². The fourth-order valence-corrected chi connectivity index (χ4v) is 3.49. The monoisotopic (exact) mass is 399 g/mol. The molecule has 0 atom stereocenters. The summed E-state index contributed by atoms with van der Waals surface area (Å²) in [5, 5.41) is 3.28. The number of pyridine rings is 1. The average molecular weight is 400 g/mol. The zero-order chi connectivity index (χ0) is 20.5. The molecule has 0 saturated heterocycles. The number of benzene rings is 1. The maximum atomic E-state index is 12.2. The Morgan fingerprint density at radius 2 is 1.82 bits per heavy atom. The van der Waals surface area contributed by atoms with Crippen LogP contribution in [0.15, 0.2) is 53.9 Å². The molecule has 0 radical (unpaired) electrons. The molecule has 1 aromatic carbocycles. The SMILES string of the molecule is CNS(=O)(=O)c1ccc(Nc2ccc(C(C)(C)C)cn2)c(-c2cn(C)cn2)c1. The Bertz CT molecular complexity index is 1080. The van der Waals surface area contributed by atoms with Gasteiger partial charge in [-0.2, -0.15) is 0 Å². The summed E-state index contributed by atoms with van der Waals surface area (Å²) in [6.07, 6.45) is 5.36. The fraction of sp³-hybridized carbons (Fsp3) is 0.300. The van der Waals surface area contributed by atoms with Crippen LogP contribution in [0.25, 0.3) is 11.3 Å². The topological polar surface area (TPSA) is 88.9 Å². The lowest BCUT2D eigenvalue weighted by Gasteiger charge is -2.19. The molecule has 0 bridgehead atoms. The third-order valence-corrected chi connectivity index (χ3v) is 5.86. The van der Waals surface area contributed by atoms with Crippen LogP contribution in [-0.2, 0) is 22.5 Å². The third-order valence-electron chi connectivity index (χ3n) is 4.44. The Kier molecular flexibility index (Phi) is 5.27. The van der Waals surface area contributed by atoms with Gasteiger partial charge in [0.15, 0.2) is 0 Å². The van der Waals surface area contributed by atoms with E-state index in [9.17, 15) is 8.42 Å². The van der Waals surface area contributed by atoms with Crippen LogP contribution in [0, 0.1) is 0 Å². The number of anilines is 2. The number of hydrogen-bond donors (Lipinski definition) is 2. The highest BCUT2D eigenvalue weighted by molar-refractivity contribution is 7.89. The number of aromatic nitrogens is 3. The van der Waals surface area contributed by atoms with Gasteiger partial charge >= 0.3 is 0 Å². The van der Waals surface area contributed by atoms with Gasteiger partial charge in [-0.25, -0.2) is 23.1 Å². The van der Waals surface area contributed by atoms with Crippen molar-refractivity contribution in [2.24, 2.45) is 7.05 Å². The molecule has 8 heteroatoms. The molecular formula is C20H25N5O2S. The van der Waals surface area contributed by atoms with E-state index in [0.717, 1.165) is 11.3 Å². The minimum Gasteiger partial charge on any atom is -0.340 e. The molecular weight excluding hydrogens is 374 g/mol. The Morgan fingerprint density at radius 3 is 2.36 bits per heavy atom. The first-order valence-electron chi connectivity index (χ1n) is 8.89. The summed E-state index contributed by atoms with van der Waals surface area (Å²) in [6.45, 7) is 6.41. The molecule has 2 aromatic heterocycles. The second kappa shape index (κ2) is 7.37. The van der Waals surface area contributed by atoms with Gasteiger partial charge in [0, 0.05) is 30.7 Å². The van der Waals surface area contributed by atoms with Crippen molar-refractivity contribution < 1.29 is 8.42 Å². The molecule has 148 valence electrons. The molecule has 28 heavy (non-hydrogen) atoms. The van der Waals surface area contributed by atoms with Gasteiger partial charge in [0.05, 0.1) is 16.9 Å². The first kappa shape index (κ1) is 20.0. The van der Waals surface area contributed by atoms with Gasteiger partial charge in [0.2, 0.25) is 10.0 Å². The number of aryl methyl sites for hydroxylation is 1. The standard InChI is InChI=1S/C20H25N5O2S/c1-20(2,3)14-6-9-19(22-11-14)24-17-8-7-15(28(26,27)21-4)10-16(17)18-12-25(5)13-23-18/h6-13,21H,1-5H3,(H,22,24). The Labute approximate surface area is 165 Å². The molecule has 0 saturated carbocycles. The third kappa shape index (κ3) is 4.23. The van der Waals surface area contributed by atoms with Gasteiger partial charge < -0.3 is 9.88 Å². The normalized spacial score (nSPS) is 12.2. The molecule has 0 aliphatic carbocycles. The Morgan fingerprint density at radius 1 is 1.07 bits per heavy atom. The maximum absolute atomic E-state index is 12.2. The van der Waals surface area contributed by atoms with Crippen molar-refractivity contribution in [3.63, 3.8) is 0 Å². The number of rotatable bonds is 5. The molecule has 2 N–H and O–H groups in total. The van der Waals surface area contributed by atoms with Crippen LogP contribution in [-0.4, -0.2) is 30.0 Å². The molecule has 3 aromatic rings. The van der Waals surface area contributed by atoms with E-state index < -0.39 is 10.0 Å². The summed E-state index contributed by atoms with van der Waals surface area (Å²) in [5.74, 6) is 0.675. The van der Waals surface area contributed by atoms with Gasteiger partial charge in [0.1, 0.15) is 5.82 Å². The van der Waals surface area contributed by atoms with Crippen LogP contribution in [0.5, 0.6) is 0 Å². The van der Waals surface area contributed by atoms with Crippen molar-refractivity contribution in [1.82, 2.24) is 19.3 Å². The Balaban J connectivity index is 2.03. The number of hydrogen-bond acceptors (Lipinski definition) is 5. The van der Waals surface area contributed by atoms with E-state index >= 15 is 0 Å². The lowest BCUT2D eigenvalue weighted by atomic mass is 9.88. The van der Waals surface area contributed by atoms with E-state index in [1.165, 1.54) is 7.05 Å². The summed E-state index contributed by atoms with van der Waals surface area (Å²) in [5.41, 5.74) is 3.24. The first-order valence-corrected chi connectivity index (χ1v) is 10.4. The van der Waals surface area contributed by atoms with E-state index in [2.05, 4.69) is 40.8 Å². The van der Waals surface area contributed by atoms with Crippen molar-refractivity contribution >= 4 is 21.5 Å². The highest BCUT2D eigenvalue weighted by Crippen LogP contribution is 2.31. The average Bonchev–Trinajstić information content (AvgIpc) is 3.08. The van der Waals surface area contributed by atoms with Gasteiger partial charge in [0.25, 0.3) is 0 Å². The van der Waals surface area contributed by atoms with Gasteiger partial charge in [-0.1, -0.05) is 26.8 Å². The smallest absolute Gasteiger partial charge is 0.240 e. The summed E-state index contributed by atoms with van der Waals surface area (Å²) < 4.78 is 28.6. The number of imidazole rings is 1. The van der Waals surface area contributed by atoms with Crippen molar-refractivity contribution in [3.8, 4) is 11.3 Å². The van der Waals surface area contributed by atoms with Crippen LogP contribution < -0.4 is 10.0 Å². The molecule has 0 spiro atoms. The molecule has 0 amide bonds. The quantitative estimate of drug-likeness (QED) is 0.686. The molecule has 0 aliphatic heterocycles. The molecule has 7 nitrogen and oxygen atoms in total. The van der Waals surface area contributed by atoms with E-state index in [-0.39, 0.29) is 10.3 Å². The van der Waals surface area contributed by atoms with Crippen LogP contribution in [0.1, 0.15) is 26.3 Å². The predicted octanol–water partition coefficient (Wildman–Crippen LogP) is 3.43. The summed E-state index contributed by atoms with van der Waals surface area (Å²) in [6, 6.07) is 8.86. The number of sulfonamides is 1. The number of nitrogens with zero attached hydrogens (tertiary/aromatic N) is 3. The van der Waals surface area contributed by atoms with Crippen LogP contribution in [0.3, 0.4) is 0 Å². The highest BCUT2D eigenvalue weighted by atomic mass is 32.2. The van der Waals surface area contributed by atoms with Crippen LogP contribution in [0.2, 0.25) is 0 Å². The Hall–Kier alpha value is -2.71. The van der Waals surface area contributed by atoms with E-state index in [1.807, 2.05) is 36.1 Å². The van der Waals surface area contributed by atoms with E-state index in [1.54, 1.807) is 24.5 Å². The van der Waals surface area contributed by atoms with Crippen LogP contribution in [0.4, 0.5) is 11.5 Å². The zero-order valence-electron chi connectivity index (χ0n) is 16.7. The molecule has 0 fully saturated rings. The van der Waals surface area contributed by atoms with Crippen molar-refractivity contribution in [2.45, 2.75) is 31.1 Å². The zero-order valence-corrected chi connectivity index (χ0v) is 17.5. The van der Waals surface area contributed by atoms with E-state index in [4.69, 9.17) is 0 Å². The number of nitrogens with one attached hydrogen (secondary N) is 2. The minimum absolute atomic E-state index is 0.0216. The molecule has 0 unspecified atom stereocenters. The lowest BCUT2D eigenvalue weighted by Crippen LogP contribution is -2.18. The largest absolute Gasteiger partial charge is 0.340 e. The van der Waals surface area contributed by atoms with Crippen LogP contribution >= 0.6 is 0 Å². The van der Waals surface area contributed by atoms with Gasteiger partial charge in [-0.05, 0) is 42.3 Å². The maximum Gasteiger partial charge on any atom is 0.240 e. The fourth-order valence-electron chi connectivity index (χ4n) is 2.73. The van der Waals surface area contributed by atoms with Crippen molar-refractivity contribution in [1.29, 1.82) is 0 Å².